The molecule has 3 nitrogen and oxygen atoms in total. The summed E-state index contributed by atoms with van der Waals surface area (Å²) >= 11 is 1.75. The summed E-state index contributed by atoms with van der Waals surface area (Å²) in [5, 5.41) is 9.70. The molecule has 3 aromatic heterocycles. The van der Waals surface area contributed by atoms with E-state index >= 15 is 0 Å². The highest BCUT2D eigenvalue weighted by atomic mass is 32.1. The van der Waals surface area contributed by atoms with Crippen molar-refractivity contribution in [1.82, 2.24) is 9.55 Å². The van der Waals surface area contributed by atoms with Crippen molar-refractivity contribution in [3.05, 3.63) is 169 Å². The molecule has 53 heavy (non-hydrogen) atoms. The van der Waals surface area contributed by atoms with Crippen LogP contribution in [-0.2, 0) is 12.8 Å². The number of fused-ring (bicyclic) bond motifs is 13. The molecule has 0 saturated heterocycles. The van der Waals surface area contributed by atoms with Crippen molar-refractivity contribution in [2.45, 2.75) is 12.8 Å². The molecule has 12 rings (SSSR count). The lowest BCUT2D eigenvalue weighted by molar-refractivity contribution is 0.669. The highest BCUT2D eigenvalue weighted by Gasteiger charge is 2.26. The number of rotatable bonds is 3. The van der Waals surface area contributed by atoms with Crippen LogP contribution in [0.3, 0.4) is 0 Å². The fourth-order valence-corrected chi connectivity index (χ4v) is 9.96. The predicted octanol–water partition coefficient (Wildman–Crippen LogP) is 13.5. The molecule has 248 valence electrons. The van der Waals surface area contributed by atoms with Crippen LogP contribution >= 0.6 is 11.3 Å². The van der Waals surface area contributed by atoms with Gasteiger partial charge in [-0.3, -0.25) is 0 Å². The molecule has 0 atom stereocenters. The van der Waals surface area contributed by atoms with Crippen molar-refractivity contribution >= 4 is 75.9 Å². The van der Waals surface area contributed by atoms with Crippen molar-refractivity contribution < 1.29 is 4.42 Å². The van der Waals surface area contributed by atoms with Gasteiger partial charge in [-0.2, -0.15) is 0 Å². The standard InChI is InChI=1S/C49H30N2OS/c1-2-10-33-27-34(14-13-29(33)7-1)35-19-25-43-39(28-35)47-44(52-43)26-22-40-48(47)53-49(50-40)32-15-20-36(21-16-32)51-41-23-17-30-8-3-5-11-37(30)45(41)46-38-12-6-4-9-31(38)18-24-42(46)51/h1-17,19-23,25-28H,18,24H2. The van der Waals surface area contributed by atoms with E-state index in [1.165, 1.54) is 71.6 Å². The SMILES string of the molecule is c1ccc2c(c1)CCc1c-2c2c3ccccc3ccc2n1-c1ccc(-c2nc3ccc4oc5ccc(-c6ccc7ccccc7c6)cc5c4c3s2)cc1. The van der Waals surface area contributed by atoms with Crippen LogP contribution in [0.2, 0.25) is 0 Å². The van der Waals surface area contributed by atoms with Crippen LogP contribution in [0.1, 0.15) is 11.3 Å². The summed E-state index contributed by atoms with van der Waals surface area (Å²) in [5.74, 6) is 0. The van der Waals surface area contributed by atoms with E-state index in [2.05, 4.69) is 162 Å². The van der Waals surface area contributed by atoms with Gasteiger partial charge < -0.3 is 8.98 Å². The Balaban J connectivity index is 0.982. The first-order valence-electron chi connectivity index (χ1n) is 18.2. The molecule has 0 N–H and O–H groups in total. The molecule has 1 aliphatic carbocycles. The fourth-order valence-electron chi connectivity index (χ4n) is 8.84. The predicted molar refractivity (Wildman–Crippen MR) is 222 cm³/mol. The van der Waals surface area contributed by atoms with Gasteiger partial charge >= 0.3 is 0 Å². The van der Waals surface area contributed by atoms with Crippen molar-refractivity contribution in [3.63, 3.8) is 0 Å². The smallest absolute Gasteiger partial charge is 0.137 e. The lowest BCUT2D eigenvalue weighted by atomic mass is 9.87. The zero-order chi connectivity index (χ0) is 34.6. The van der Waals surface area contributed by atoms with Gasteiger partial charge in [0.05, 0.1) is 15.7 Å². The Morgan fingerprint density at radius 2 is 1.28 bits per heavy atom. The first-order valence-corrected chi connectivity index (χ1v) is 19.1. The molecule has 0 amide bonds. The van der Waals surface area contributed by atoms with Crippen LogP contribution in [0, 0.1) is 0 Å². The topological polar surface area (TPSA) is 31.0 Å². The molecule has 11 aromatic rings. The van der Waals surface area contributed by atoms with E-state index < -0.39 is 0 Å². The van der Waals surface area contributed by atoms with Crippen LogP contribution in [0.5, 0.6) is 0 Å². The van der Waals surface area contributed by atoms with E-state index in [0.29, 0.717) is 0 Å². The third-order valence-electron chi connectivity index (χ3n) is 11.3. The van der Waals surface area contributed by atoms with Gasteiger partial charge in [-0.25, -0.2) is 4.98 Å². The van der Waals surface area contributed by atoms with Crippen LogP contribution in [-0.4, -0.2) is 9.55 Å². The molecule has 0 saturated carbocycles. The normalized spacial score (nSPS) is 12.8. The second kappa shape index (κ2) is 11.0. The summed E-state index contributed by atoms with van der Waals surface area (Å²) in [6.07, 6.45) is 2.05. The number of aromatic nitrogens is 2. The lowest BCUT2D eigenvalue weighted by Crippen LogP contribution is -2.08. The third kappa shape index (κ3) is 4.30. The second-order valence-corrected chi connectivity index (χ2v) is 15.2. The number of nitrogens with zero attached hydrogens (tertiary/aromatic N) is 2. The number of aryl methyl sites for hydroxylation is 1. The second-order valence-electron chi connectivity index (χ2n) is 14.2. The zero-order valence-corrected chi connectivity index (χ0v) is 29.5. The molecule has 0 fully saturated rings. The van der Waals surface area contributed by atoms with Crippen molar-refractivity contribution in [2.75, 3.05) is 0 Å². The van der Waals surface area contributed by atoms with E-state index in [4.69, 9.17) is 9.40 Å². The Labute approximate surface area is 309 Å². The van der Waals surface area contributed by atoms with E-state index in [9.17, 15) is 0 Å². The maximum atomic E-state index is 6.40. The third-order valence-corrected chi connectivity index (χ3v) is 12.5. The minimum atomic E-state index is 0.895. The highest BCUT2D eigenvalue weighted by molar-refractivity contribution is 7.22. The molecule has 0 radical (unpaired) electrons. The summed E-state index contributed by atoms with van der Waals surface area (Å²) in [5.41, 5.74) is 14.3. The Kier molecular flexibility index (Phi) is 6.05. The number of hydrogen-bond acceptors (Lipinski definition) is 3. The molecule has 8 aromatic carbocycles. The van der Waals surface area contributed by atoms with E-state index in [-0.39, 0.29) is 0 Å². The Bertz CT molecular complexity index is 3290. The maximum absolute atomic E-state index is 6.40. The molecule has 0 bridgehead atoms. The van der Waals surface area contributed by atoms with Gasteiger partial charge in [0.25, 0.3) is 0 Å². The van der Waals surface area contributed by atoms with Crippen LogP contribution in [0.25, 0.3) is 103 Å². The zero-order valence-electron chi connectivity index (χ0n) is 28.6. The van der Waals surface area contributed by atoms with Gasteiger partial charge in [-0.15, -0.1) is 11.3 Å². The van der Waals surface area contributed by atoms with Crippen LogP contribution in [0.4, 0.5) is 0 Å². The monoisotopic (exact) mass is 694 g/mol. The number of benzene rings is 8. The number of furan rings is 1. The Hall–Kier alpha value is -6.49. The van der Waals surface area contributed by atoms with Gasteiger partial charge in [0.15, 0.2) is 0 Å². The van der Waals surface area contributed by atoms with Crippen LogP contribution < -0.4 is 0 Å². The quantitative estimate of drug-likeness (QED) is 0.184. The summed E-state index contributed by atoms with van der Waals surface area (Å²) in [4.78, 5) is 5.18. The molecular formula is C49H30N2OS. The Morgan fingerprint density at radius 1 is 0.547 bits per heavy atom. The van der Waals surface area contributed by atoms with Crippen molar-refractivity contribution in [1.29, 1.82) is 0 Å². The molecule has 4 heteroatoms. The minimum absolute atomic E-state index is 0.895. The lowest BCUT2D eigenvalue weighted by Gasteiger charge is -2.19. The van der Waals surface area contributed by atoms with Gasteiger partial charge in [-0.05, 0) is 117 Å². The molecule has 0 spiro atoms. The van der Waals surface area contributed by atoms with Gasteiger partial charge in [0.2, 0.25) is 0 Å². The first-order chi connectivity index (χ1) is 26.2. The highest BCUT2D eigenvalue weighted by Crippen LogP contribution is 2.46. The largest absolute Gasteiger partial charge is 0.456 e. The van der Waals surface area contributed by atoms with Gasteiger partial charge in [0, 0.05) is 38.7 Å². The number of hydrogen-bond donors (Lipinski definition) is 0. The minimum Gasteiger partial charge on any atom is -0.456 e. The summed E-state index contributed by atoms with van der Waals surface area (Å²) in [7, 11) is 0. The molecule has 3 heterocycles. The fraction of sp³-hybridized carbons (Fsp3) is 0.0408. The molecule has 0 aliphatic heterocycles. The molecule has 1 aliphatic rings. The van der Waals surface area contributed by atoms with Crippen molar-refractivity contribution in [3.8, 4) is 38.5 Å². The summed E-state index contributed by atoms with van der Waals surface area (Å²) in [6.45, 7) is 0. The molecular weight excluding hydrogens is 665 g/mol. The Morgan fingerprint density at radius 3 is 2.21 bits per heavy atom. The van der Waals surface area contributed by atoms with Gasteiger partial charge in [-0.1, -0.05) is 97.1 Å². The van der Waals surface area contributed by atoms with E-state index in [0.717, 1.165) is 55.6 Å². The van der Waals surface area contributed by atoms with E-state index in [1.807, 2.05) is 0 Å². The van der Waals surface area contributed by atoms with E-state index in [1.54, 1.807) is 11.3 Å². The molecule has 0 unspecified atom stereocenters. The number of thiazole rings is 1. The maximum Gasteiger partial charge on any atom is 0.137 e. The summed E-state index contributed by atoms with van der Waals surface area (Å²) < 4.78 is 10.1. The van der Waals surface area contributed by atoms with Crippen molar-refractivity contribution in [2.24, 2.45) is 0 Å². The van der Waals surface area contributed by atoms with Gasteiger partial charge in [0.1, 0.15) is 16.2 Å². The average Bonchev–Trinajstić information content (AvgIpc) is 3.92. The van der Waals surface area contributed by atoms with Crippen LogP contribution in [0.15, 0.2) is 162 Å². The average molecular weight is 695 g/mol. The first kappa shape index (κ1) is 29.1. The summed E-state index contributed by atoms with van der Waals surface area (Å²) in [6, 6.07) is 57.3.